The van der Waals surface area contributed by atoms with Gasteiger partial charge in [-0.05, 0) is 13.8 Å². The fourth-order valence-electron chi connectivity index (χ4n) is 0.761. The minimum atomic E-state index is -0.769. The smallest absolute Gasteiger partial charge is 0.318 e. The lowest BCUT2D eigenvalue weighted by Gasteiger charge is -2.10. The molecule has 0 heterocycles. The topological polar surface area (TPSA) is 52.6 Å². The van der Waals surface area contributed by atoms with Gasteiger partial charge in [0.05, 0.1) is 13.2 Å². The Morgan fingerprint density at radius 2 is 2.00 bits per heavy atom. The molecule has 0 aliphatic rings. The number of hydrogen-bond acceptors (Lipinski definition) is 4. The molecule has 1 unspecified atom stereocenters. The van der Waals surface area contributed by atoms with Crippen LogP contribution in [-0.4, -0.2) is 32.1 Å². The maximum atomic E-state index is 11.1. The first-order valence-electron chi connectivity index (χ1n) is 3.79. The van der Waals surface area contributed by atoms with Crippen LogP contribution >= 0.6 is 0 Å². The highest BCUT2D eigenvalue weighted by molar-refractivity contribution is 5.97. The lowest BCUT2D eigenvalue weighted by Crippen LogP contribution is -2.28. The van der Waals surface area contributed by atoms with Crippen molar-refractivity contribution in [3.8, 4) is 0 Å². The fourth-order valence-corrected chi connectivity index (χ4v) is 0.761. The predicted molar refractivity (Wildman–Crippen MR) is 42.7 cm³/mol. The Bertz CT molecular complexity index is 164. The Morgan fingerprint density at radius 1 is 1.42 bits per heavy atom. The zero-order valence-electron chi connectivity index (χ0n) is 7.62. The van der Waals surface area contributed by atoms with Crippen molar-refractivity contribution in [2.24, 2.45) is 5.92 Å². The molecule has 0 aromatic rings. The third kappa shape index (κ3) is 3.48. The molecule has 70 valence electrons. The molecule has 1 atom stereocenters. The van der Waals surface area contributed by atoms with Crippen molar-refractivity contribution in [2.75, 3.05) is 20.3 Å². The van der Waals surface area contributed by atoms with Gasteiger partial charge in [0, 0.05) is 7.11 Å². The van der Waals surface area contributed by atoms with Crippen LogP contribution in [-0.2, 0) is 19.1 Å². The number of ketones is 1. The molecule has 0 aromatic carbocycles. The first-order chi connectivity index (χ1) is 5.63. The maximum absolute atomic E-state index is 11.1. The minimum Gasteiger partial charge on any atom is -0.465 e. The van der Waals surface area contributed by atoms with Crippen molar-refractivity contribution in [2.45, 2.75) is 13.8 Å². The van der Waals surface area contributed by atoms with Crippen LogP contribution in [0.4, 0.5) is 0 Å². The van der Waals surface area contributed by atoms with Crippen molar-refractivity contribution in [1.82, 2.24) is 0 Å². The van der Waals surface area contributed by atoms with Crippen LogP contribution < -0.4 is 0 Å². The number of esters is 1. The van der Waals surface area contributed by atoms with Gasteiger partial charge in [-0.15, -0.1) is 0 Å². The quantitative estimate of drug-likeness (QED) is 0.447. The molecule has 12 heavy (non-hydrogen) atoms. The number of carbonyl (C=O) groups excluding carboxylic acids is 2. The summed E-state index contributed by atoms with van der Waals surface area (Å²) < 4.78 is 9.39. The van der Waals surface area contributed by atoms with E-state index in [0.717, 1.165) is 0 Å². The summed E-state index contributed by atoms with van der Waals surface area (Å²) in [5.74, 6) is -1.50. The van der Waals surface area contributed by atoms with Crippen molar-refractivity contribution in [1.29, 1.82) is 0 Å². The van der Waals surface area contributed by atoms with Crippen LogP contribution in [0, 0.1) is 5.92 Å². The molecule has 0 saturated carbocycles. The van der Waals surface area contributed by atoms with Crippen LogP contribution in [0.1, 0.15) is 13.8 Å². The molecule has 0 N–H and O–H groups in total. The second kappa shape index (κ2) is 5.71. The van der Waals surface area contributed by atoms with Crippen LogP contribution in [0.5, 0.6) is 0 Å². The molecule has 0 radical (unpaired) electrons. The van der Waals surface area contributed by atoms with E-state index in [4.69, 9.17) is 4.74 Å². The van der Waals surface area contributed by atoms with E-state index in [9.17, 15) is 9.59 Å². The van der Waals surface area contributed by atoms with Gasteiger partial charge in [-0.1, -0.05) is 0 Å². The minimum absolute atomic E-state index is 0.0914. The van der Waals surface area contributed by atoms with E-state index >= 15 is 0 Å². The highest BCUT2D eigenvalue weighted by Gasteiger charge is 2.24. The second-order valence-electron chi connectivity index (χ2n) is 2.37. The number of methoxy groups -OCH3 is 1. The lowest BCUT2D eigenvalue weighted by molar-refractivity contribution is -0.153. The summed E-state index contributed by atoms with van der Waals surface area (Å²) in [6.07, 6.45) is 0. The Kier molecular flexibility index (Phi) is 5.28. The number of ether oxygens (including phenoxy) is 2. The van der Waals surface area contributed by atoms with Crippen LogP contribution in [0.25, 0.3) is 0 Å². The molecule has 0 saturated heterocycles. The third-order valence-corrected chi connectivity index (χ3v) is 1.40. The van der Waals surface area contributed by atoms with E-state index < -0.39 is 11.9 Å². The first-order valence-corrected chi connectivity index (χ1v) is 3.79. The van der Waals surface area contributed by atoms with Crippen LogP contribution in [0.15, 0.2) is 0 Å². The number of hydrogen-bond donors (Lipinski definition) is 0. The molecule has 0 spiro atoms. The summed E-state index contributed by atoms with van der Waals surface area (Å²) >= 11 is 0. The summed E-state index contributed by atoms with van der Waals surface area (Å²) in [5.41, 5.74) is 0. The average molecular weight is 174 g/mol. The van der Waals surface area contributed by atoms with Gasteiger partial charge in [0.2, 0.25) is 0 Å². The number of Topliss-reactive ketones (excluding diaryl/α,β-unsaturated/α-hetero) is 1. The van der Waals surface area contributed by atoms with Crippen LogP contribution in [0.3, 0.4) is 0 Å². The van der Waals surface area contributed by atoms with E-state index in [1.54, 1.807) is 6.92 Å². The molecule has 4 nitrogen and oxygen atoms in total. The van der Waals surface area contributed by atoms with E-state index in [0.29, 0.717) is 0 Å². The maximum Gasteiger partial charge on any atom is 0.318 e. The van der Waals surface area contributed by atoms with E-state index in [-0.39, 0.29) is 19.0 Å². The number of carbonyl (C=O) groups is 2. The molecule has 0 rings (SSSR count). The summed E-state index contributed by atoms with van der Waals surface area (Å²) in [6, 6.07) is 0. The molecule has 0 amide bonds. The van der Waals surface area contributed by atoms with Gasteiger partial charge in [-0.2, -0.15) is 0 Å². The van der Waals surface area contributed by atoms with Gasteiger partial charge in [-0.25, -0.2) is 0 Å². The van der Waals surface area contributed by atoms with Crippen molar-refractivity contribution >= 4 is 11.8 Å². The van der Waals surface area contributed by atoms with Crippen molar-refractivity contribution in [3.63, 3.8) is 0 Å². The molecular weight excluding hydrogens is 160 g/mol. The fraction of sp³-hybridized carbons (Fsp3) is 0.750. The van der Waals surface area contributed by atoms with E-state index in [2.05, 4.69) is 4.74 Å². The van der Waals surface area contributed by atoms with Crippen molar-refractivity contribution in [3.05, 3.63) is 0 Å². The highest BCUT2D eigenvalue weighted by Crippen LogP contribution is 2.01. The van der Waals surface area contributed by atoms with Gasteiger partial charge < -0.3 is 9.47 Å². The normalized spacial score (nSPS) is 12.2. The predicted octanol–water partition coefficient (Wildman–Crippen LogP) is 0.401. The zero-order valence-corrected chi connectivity index (χ0v) is 7.62. The second-order valence-corrected chi connectivity index (χ2v) is 2.37. The van der Waals surface area contributed by atoms with E-state index in [1.165, 1.54) is 14.0 Å². The third-order valence-electron chi connectivity index (χ3n) is 1.40. The zero-order chi connectivity index (χ0) is 9.56. The summed E-state index contributed by atoms with van der Waals surface area (Å²) in [5, 5.41) is 0. The molecule has 0 bridgehead atoms. The van der Waals surface area contributed by atoms with Crippen LogP contribution in [0.2, 0.25) is 0 Å². The van der Waals surface area contributed by atoms with Gasteiger partial charge in [-0.3, -0.25) is 9.59 Å². The van der Waals surface area contributed by atoms with E-state index in [1.807, 2.05) is 0 Å². The molecule has 0 aliphatic heterocycles. The molecular formula is C8H14O4. The van der Waals surface area contributed by atoms with Gasteiger partial charge in [0.1, 0.15) is 11.7 Å². The van der Waals surface area contributed by atoms with Gasteiger partial charge >= 0.3 is 5.97 Å². The molecule has 4 heteroatoms. The monoisotopic (exact) mass is 174 g/mol. The largest absolute Gasteiger partial charge is 0.465 e. The Labute approximate surface area is 71.8 Å². The SMILES string of the molecule is CCOC(=O)C(COC)C(C)=O. The number of rotatable bonds is 5. The lowest BCUT2D eigenvalue weighted by atomic mass is 10.1. The Balaban J connectivity index is 4.09. The Hall–Kier alpha value is -0.900. The van der Waals surface area contributed by atoms with Gasteiger partial charge in [0.15, 0.2) is 0 Å². The summed E-state index contributed by atoms with van der Waals surface area (Å²) in [4.78, 5) is 21.9. The standard InChI is InChI=1S/C8H14O4/c1-4-12-8(10)7(5-11-3)6(2)9/h7H,4-5H2,1-3H3. The molecule has 0 aliphatic carbocycles. The Morgan fingerprint density at radius 3 is 2.33 bits per heavy atom. The molecule has 0 fully saturated rings. The summed E-state index contributed by atoms with van der Waals surface area (Å²) in [6.45, 7) is 3.42. The van der Waals surface area contributed by atoms with Gasteiger partial charge in [0.25, 0.3) is 0 Å². The summed E-state index contributed by atoms with van der Waals surface area (Å²) in [7, 11) is 1.44. The average Bonchev–Trinajstić information content (AvgIpc) is 1.99. The van der Waals surface area contributed by atoms with Crippen molar-refractivity contribution < 1.29 is 19.1 Å². The highest BCUT2D eigenvalue weighted by atomic mass is 16.5. The first kappa shape index (κ1) is 11.1. The molecule has 0 aromatic heterocycles.